The van der Waals surface area contributed by atoms with Gasteiger partial charge in [0.2, 0.25) is 10.0 Å². The molecule has 0 bridgehead atoms. The van der Waals surface area contributed by atoms with Gasteiger partial charge in [-0.25, -0.2) is 18.4 Å². The zero-order valence-corrected chi connectivity index (χ0v) is 20.6. The summed E-state index contributed by atoms with van der Waals surface area (Å²) in [4.78, 5) is 26.0. The first-order valence-corrected chi connectivity index (χ1v) is 13.1. The molecule has 5 rings (SSSR count). The number of rotatable bonds is 7. The van der Waals surface area contributed by atoms with Gasteiger partial charge in [-0.3, -0.25) is 9.36 Å². The number of aromatic amines is 1. The number of aromatic nitrogens is 4. The lowest BCUT2D eigenvalue weighted by molar-refractivity contribution is 0.222. The maximum Gasteiger partial charge on any atom is 0.258 e. The Labute approximate surface area is 203 Å². The van der Waals surface area contributed by atoms with Crippen molar-refractivity contribution in [1.82, 2.24) is 28.7 Å². The molecule has 3 heterocycles. The summed E-state index contributed by atoms with van der Waals surface area (Å²) in [6.07, 6.45) is 4.82. The summed E-state index contributed by atoms with van der Waals surface area (Å²) in [5, 5.41) is 0.427. The first-order chi connectivity index (χ1) is 16.9. The zero-order chi connectivity index (χ0) is 24.6. The van der Waals surface area contributed by atoms with Gasteiger partial charge in [0, 0.05) is 26.2 Å². The number of hydrogen-bond donors (Lipinski definition) is 1. The molecule has 4 aromatic rings. The zero-order valence-electron chi connectivity index (χ0n) is 19.8. The number of H-pyrrole nitrogens is 1. The number of fused-ring (bicyclic) bond motifs is 2. The number of ether oxygens (including phenoxy) is 1. The summed E-state index contributed by atoms with van der Waals surface area (Å²) in [6, 6.07) is 8.41. The van der Waals surface area contributed by atoms with E-state index in [-0.39, 0.29) is 10.5 Å². The van der Waals surface area contributed by atoms with Crippen LogP contribution in [0.15, 0.2) is 52.7 Å². The molecular formula is C24H28N6O4S. The first kappa shape index (κ1) is 23.5. The van der Waals surface area contributed by atoms with Crippen LogP contribution in [0.2, 0.25) is 0 Å². The van der Waals surface area contributed by atoms with Crippen LogP contribution in [-0.4, -0.2) is 77.0 Å². The minimum absolute atomic E-state index is 0.196. The van der Waals surface area contributed by atoms with Crippen molar-refractivity contribution in [3.05, 3.63) is 53.3 Å². The minimum Gasteiger partial charge on any atom is -0.491 e. The maximum atomic E-state index is 13.5. The van der Waals surface area contributed by atoms with Crippen molar-refractivity contribution in [2.45, 2.75) is 24.7 Å². The second-order valence-corrected chi connectivity index (χ2v) is 10.7. The molecule has 11 heteroatoms. The smallest absolute Gasteiger partial charge is 0.258 e. The van der Waals surface area contributed by atoms with E-state index >= 15 is 0 Å². The molecule has 1 N–H and O–H groups in total. The lowest BCUT2D eigenvalue weighted by atomic mass is 10.2. The van der Waals surface area contributed by atoms with Crippen molar-refractivity contribution in [2.75, 3.05) is 39.8 Å². The molecule has 0 radical (unpaired) electrons. The number of sulfonamides is 1. The van der Waals surface area contributed by atoms with Crippen molar-refractivity contribution in [1.29, 1.82) is 0 Å². The number of nitrogens with zero attached hydrogens (tertiary/aromatic N) is 5. The molecule has 1 saturated heterocycles. The van der Waals surface area contributed by atoms with E-state index in [1.807, 2.05) is 7.05 Å². The fourth-order valence-electron chi connectivity index (χ4n) is 4.24. The summed E-state index contributed by atoms with van der Waals surface area (Å²) in [5.74, 6) is 0.551. The third-order valence-corrected chi connectivity index (χ3v) is 8.25. The van der Waals surface area contributed by atoms with Gasteiger partial charge in [-0.1, -0.05) is 13.3 Å². The molecular weight excluding hydrogens is 468 g/mol. The van der Waals surface area contributed by atoms with Gasteiger partial charge in [-0.2, -0.15) is 4.31 Å². The topological polar surface area (TPSA) is 113 Å². The molecule has 1 aliphatic heterocycles. The predicted molar refractivity (Wildman–Crippen MR) is 134 cm³/mol. The van der Waals surface area contributed by atoms with E-state index in [2.05, 4.69) is 26.8 Å². The van der Waals surface area contributed by atoms with Crippen molar-refractivity contribution in [3.8, 4) is 11.4 Å². The van der Waals surface area contributed by atoms with Crippen molar-refractivity contribution < 1.29 is 13.2 Å². The fourth-order valence-corrected chi connectivity index (χ4v) is 5.68. The van der Waals surface area contributed by atoms with Crippen LogP contribution in [0.5, 0.6) is 5.75 Å². The summed E-state index contributed by atoms with van der Waals surface area (Å²) >= 11 is 0. The Balaban J connectivity index is 1.64. The van der Waals surface area contributed by atoms with Gasteiger partial charge >= 0.3 is 0 Å². The van der Waals surface area contributed by atoms with Gasteiger partial charge in [0.1, 0.15) is 12.1 Å². The molecule has 0 amide bonds. The van der Waals surface area contributed by atoms with Crippen LogP contribution in [0.4, 0.5) is 0 Å². The van der Waals surface area contributed by atoms with Crippen LogP contribution in [0.25, 0.3) is 27.6 Å². The number of likely N-dealkylation sites (N-methyl/N-ethyl adjacent to an activating group) is 1. The average molecular weight is 497 g/mol. The van der Waals surface area contributed by atoms with E-state index in [4.69, 9.17) is 4.74 Å². The molecule has 10 nitrogen and oxygen atoms in total. The molecule has 35 heavy (non-hydrogen) atoms. The minimum atomic E-state index is -3.68. The van der Waals surface area contributed by atoms with Gasteiger partial charge in [0.15, 0.2) is 0 Å². The molecule has 0 spiro atoms. The molecule has 0 aliphatic carbocycles. The highest BCUT2D eigenvalue weighted by Crippen LogP contribution is 2.31. The van der Waals surface area contributed by atoms with Crippen LogP contribution in [0.1, 0.15) is 19.8 Å². The number of nitrogens with one attached hydrogen (secondary N) is 1. The standard InChI is InChI=1S/C24H28N6O4S/c1-3-4-11-34-23-6-5-17(35(32,33)29-9-7-28(2)8-10-29)12-22(23)30-16-27-20-14-19-18(13-21(20)30)24(31)26-15-25-19/h5-6,12-16H,3-4,7-11H2,1-2H3,(H,25,26,31). The number of imidazole rings is 1. The molecule has 1 aliphatic rings. The Morgan fingerprint density at radius 3 is 2.63 bits per heavy atom. The van der Waals surface area contributed by atoms with E-state index in [1.54, 1.807) is 41.2 Å². The maximum absolute atomic E-state index is 13.5. The number of hydrogen-bond acceptors (Lipinski definition) is 7. The van der Waals surface area contributed by atoms with Crippen LogP contribution in [-0.2, 0) is 10.0 Å². The Morgan fingerprint density at radius 2 is 1.86 bits per heavy atom. The molecule has 0 saturated carbocycles. The van der Waals surface area contributed by atoms with Gasteiger partial charge in [-0.15, -0.1) is 0 Å². The lowest BCUT2D eigenvalue weighted by Gasteiger charge is -2.31. The Kier molecular flexibility index (Phi) is 6.30. The molecule has 0 atom stereocenters. The van der Waals surface area contributed by atoms with Gasteiger partial charge in [0.05, 0.1) is 45.5 Å². The van der Waals surface area contributed by atoms with Gasteiger partial charge in [0.25, 0.3) is 5.56 Å². The van der Waals surface area contributed by atoms with E-state index in [0.29, 0.717) is 66.2 Å². The van der Waals surface area contributed by atoms with E-state index in [9.17, 15) is 13.2 Å². The normalized spacial score (nSPS) is 15.7. The van der Waals surface area contributed by atoms with E-state index in [1.165, 1.54) is 10.6 Å². The third kappa shape index (κ3) is 4.42. The second-order valence-electron chi connectivity index (χ2n) is 8.74. The number of unbranched alkanes of at least 4 members (excludes halogenated alkanes) is 1. The van der Waals surface area contributed by atoms with Gasteiger partial charge < -0.3 is 14.6 Å². The highest BCUT2D eigenvalue weighted by molar-refractivity contribution is 7.89. The highest BCUT2D eigenvalue weighted by Gasteiger charge is 2.28. The molecule has 0 unspecified atom stereocenters. The van der Waals surface area contributed by atoms with Gasteiger partial charge in [-0.05, 0) is 43.8 Å². The van der Waals surface area contributed by atoms with Crippen molar-refractivity contribution >= 4 is 32.0 Å². The monoisotopic (exact) mass is 496 g/mol. The average Bonchev–Trinajstić information content (AvgIpc) is 3.26. The summed E-state index contributed by atoms with van der Waals surface area (Å²) in [6.45, 7) is 4.85. The largest absolute Gasteiger partial charge is 0.491 e. The Bertz CT molecular complexity index is 1540. The second kappa shape index (κ2) is 9.40. The van der Waals surface area contributed by atoms with Crippen LogP contribution >= 0.6 is 0 Å². The molecule has 2 aromatic carbocycles. The fraction of sp³-hybridized carbons (Fsp3) is 0.375. The van der Waals surface area contributed by atoms with E-state index < -0.39 is 10.0 Å². The molecule has 184 valence electrons. The quantitative estimate of drug-likeness (QED) is 0.391. The van der Waals surface area contributed by atoms with E-state index in [0.717, 1.165) is 12.8 Å². The Hall–Kier alpha value is -3.28. The Morgan fingerprint density at radius 1 is 1.06 bits per heavy atom. The first-order valence-electron chi connectivity index (χ1n) is 11.7. The van der Waals surface area contributed by atoms with Crippen molar-refractivity contribution in [3.63, 3.8) is 0 Å². The van der Waals surface area contributed by atoms with Crippen LogP contribution < -0.4 is 10.3 Å². The van der Waals surface area contributed by atoms with Crippen LogP contribution in [0, 0.1) is 0 Å². The summed E-state index contributed by atoms with van der Waals surface area (Å²) in [7, 11) is -1.70. The summed E-state index contributed by atoms with van der Waals surface area (Å²) in [5.41, 5.74) is 2.14. The number of piperazine rings is 1. The SMILES string of the molecule is CCCCOc1ccc(S(=O)(=O)N2CCN(C)CC2)cc1-n1cnc2cc3nc[nH]c(=O)c3cc21. The van der Waals surface area contributed by atoms with Crippen molar-refractivity contribution in [2.24, 2.45) is 0 Å². The molecule has 1 fully saturated rings. The molecule has 2 aromatic heterocycles. The summed E-state index contributed by atoms with van der Waals surface area (Å²) < 4.78 is 36.3. The predicted octanol–water partition coefficient (Wildman–Crippen LogP) is 2.38. The number of benzene rings is 2. The lowest BCUT2D eigenvalue weighted by Crippen LogP contribution is -2.47. The van der Waals surface area contributed by atoms with Crippen LogP contribution in [0.3, 0.4) is 0 Å². The highest BCUT2D eigenvalue weighted by atomic mass is 32.2. The third-order valence-electron chi connectivity index (χ3n) is 6.35.